The van der Waals surface area contributed by atoms with Crippen LogP contribution in [0.5, 0.6) is 0 Å². The van der Waals surface area contributed by atoms with Crippen LogP contribution in [0.3, 0.4) is 0 Å². The van der Waals surface area contributed by atoms with Crippen LogP contribution in [0.15, 0.2) is 78.1 Å². The maximum atomic E-state index is 13.8. The van der Waals surface area contributed by atoms with Crippen LogP contribution in [0.4, 0.5) is 5.82 Å². The van der Waals surface area contributed by atoms with Gasteiger partial charge in [-0.15, -0.1) is 11.3 Å². The number of anilines is 1. The third-order valence-corrected chi connectivity index (χ3v) is 8.41. The quantitative estimate of drug-likeness (QED) is 0.296. The minimum absolute atomic E-state index is 0.0503. The van der Waals surface area contributed by atoms with Gasteiger partial charge in [-0.2, -0.15) is 0 Å². The van der Waals surface area contributed by atoms with Gasteiger partial charge in [0, 0.05) is 18.2 Å². The van der Waals surface area contributed by atoms with Crippen LogP contribution in [0.25, 0.3) is 10.6 Å². The Morgan fingerprint density at radius 1 is 1.09 bits per heavy atom. The van der Waals surface area contributed by atoms with E-state index in [-0.39, 0.29) is 29.5 Å². The van der Waals surface area contributed by atoms with Crippen LogP contribution in [0.2, 0.25) is 4.34 Å². The van der Waals surface area contributed by atoms with Gasteiger partial charge in [0.05, 0.1) is 11.9 Å². The molecular weight excluding hydrogens is 510 g/mol. The third-order valence-electron chi connectivity index (χ3n) is 5.14. The van der Waals surface area contributed by atoms with Crippen molar-refractivity contribution < 1.29 is 18.3 Å². The molecule has 0 aliphatic rings. The average Bonchev–Trinajstić information content (AvgIpc) is 3.30. The summed E-state index contributed by atoms with van der Waals surface area (Å²) in [6.45, 7) is -0.386. The first-order valence-electron chi connectivity index (χ1n) is 10.3. The minimum Gasteiger partial charge on any atom is -0.480 e. The Labute approximate surface area is 210 Å². The predicted molar refractivity (Wildman–Crippen MR) is 134 cm³/mol. The lowest BCUT2D eigenvalue weighted by Crippen LogP contribution is -2.47. The summed E-state index contributed by atoms with van der Waals surface area (Å²) in [5.74, 6) is -0.897. The van der Waals surface area contributed by atoms with Crippen LogP contribution in [-0.4, -0.2) is 41.0 Å². The molecule has 12 heteroatoms. The Hall–Kier alpha value is -3.38. The van der Waals surface area contributed by atoms with Crippen LogP contribution in [-0.2, 0) is 25.9 Å². The molecule has 0 spiro atoms. The van der Waals surface area contributed by atoms with Crippen LogP contribution < -0.4 is 11.1 Å². The molecule has 35 heavy (non-hydrogen) atoms. The van der Waals surface area contributed by atoms with Gasteiger partial charge in [0.25, 0.3) is 0 Å². The van der Waals surface area contributed by atoms with Gasteiger partial charge < -0.3 is 16.2 Å². The number of benzene rings is 1. The summed E-state index contributed by atoms with van der Waals surface area (Å²) < 4.78 is 28.1. The number of hydrogen-bond donors (Lipinski definition) is 3. The number of halogens is 1. The van der Waals surface area contributed by atoms with Crippen molar-refractivity contribution in [3.63, 3.8) is 0 Å². The number of nitrogens with two attached hydrogens (primary N) is 1. The molecule has 4 aromatic rings. The van der Waals surface area contributed by atoms with Gasteiger partial charge in [-0.3, -0.25) is 4.79 Å². The van der Waals surface area contributed by atoms with E-state index in [9.17, 15) is 13.2 Å². The molecule has 4 rings (SSSR count). The second kappa shape index (κ2) is 10.1. The number of aliphatic carboxylic acids is 1. The largest absolute Gasteiger partial charge is 0.480 e. The number of carboxylic acid groups (broad SMARTS) is 1. The van der Waals surface area contributed by atoms with E-state index in [0.717, 1.165) is 10.6 Å². The number of carbonyl (C=O) groups is 1. The van der Waals surface area contributed by atoms with E-state index < -0.39 is 20.7 Å². The normalized spacial score (nSPS) is 13.2. The summed E-state index contributed by atoms with van der Waals surface area (Å²) in [5.41, 5.74) is 8.20. The van der Waals surface area contributed by atoms with Gasteiger partial charge >= 0.3 is 5.97 Å². The van der Waals surface area contributed by atoms with E-state index >= 15 is 0 Å². The van der Waals surface area contributed by atoms with Crippen molar-refractivity contribution in [2.24, 2.45) is 5.73 Å². The molecule has 0 aliphatic carbocycles. The molecule has 3 heterocycles. The SMILES string of the molecule is NC(Cc1ccc(-c2ncc(Cl)s2)cc1)(c1cccc(NCC(=O)O)n1)S(=O)(=O)c1ccccn1. The zero-order valence-corrected chi connectivity index (χ0v) is 20.5. The number of nitrogens with zero attached hydrogens (tertiary/aromatic N) is 3. The molecule has 0 saturated carbocycles. The summed E-state index contributed by atoms with van der Waals surface area (Å²) in [6, 6.07) is 16.3. The van der Waals surface area contributed by atoms with E-state index in [2.05, 4.69) is 20.3 Å². The molecule has 9 nitrogen and oxygen atoms in total. The first-order valence-corrected chi connectivity index (χ1v) is 13.0. The number of hydrogen-bond acceptors (Lipinski definition) is 9. The van der Waals surface area contributed by atoms with Gasteiger partial charge in [-0.25, -0.2) is 23.4 Å². The van der Waals surface area contributed by atoms with Gasteiger partial charge in [-0.05, 0) is 29.8 Å². The van der Waals surface area contributed by atoms with E-state index in [1.54, 1.807) is 36.5 Å². The highest BCUT2D eigenvalue weighted by atomic mass is 35.5. The van der Waals surface area contributed by atoms with E-state index in [1.807, 2.05) is 12.1 Å². The highest BCUT2D eigenvalue weighted by Crippen LogP contribution is 2.34. The Balaban J connectivity index is 1.75. The molecule has 4 N–H and O–H groups in total. The van der Waals surface area contributed by atoms with Crippen molar-refractivity contribution in [2.75, 3.05) is 11.9 Å². The van der Waals surface area contributed by atoms with Gasteiger partial charge in [0.2, 0.25) is 9.84 Å². The minimum atomic E-state index is -4.23. The maximum Gasteiger partial charge on any atom is 0.322 e. The van der Waals surface area contributed by atoms with E-state index in [4.69, 9.17) is 22.4 Å². The van der Waals surface area contributed by atoms with Crippen molar-refractivity contribution >= 4 is 44.6 Å². The van der Waals surface area contributed by atoms with Gasteiger partial charge in [-0.1, -0.05) is 48.0 Å². The zero-order valence-electron chi connectivity index (χ0n) is 18.1. The number of thiazole rings is 1. The Bertz CT molecular complexity index is 1450. The Kier molecular flexibility index (Phi) is 7.13. The molecule has 0 saturated heterocycles. The Morgan fingerprint density at radius 2 is 1.86 bits per heavy atom. The second-order valence-electron chi connectivity index (χ2n) is 7.56. The van der Waals surface area contributed by atoms with Crippen LogP contribution in [0, 0.1) is 0 Å². The number of pyridine rings is 2. The third kappa shape index (κ3) is 5.33. The average molecular weight is 530 g/mol. The molecule has 180 valence electrons. The molecule has 3 aromatic heterocycles. The summed E-state index contributed by atoms with van der Waals surface area (Å²) in [6.07, 6.45) is 2.83. The Morgan fingerprint density at radius 3 is 2.49 bits per heavy atom. The van der Waals surface area contributed by atoms with E-state index in [0.29, 0.717) is 9.90 Å². The fourth-order valence-electron chi connectivity index (χ4n) is 3.41. The smallest absolute Gasteiger partial charge is 0.322 e. The molecule has 0 radical (unpaired) electrons. The summed E-state index contributed by atoms with van der Waals surface area (Å²) in [7, 11) is -4.23. The molecule has 1 aromatic carbocycles. The monoisotopic (exact) mass is 529 g/mol. The number of aromatic nitrogens is 3. The predicted octanol–water partition coefficient (Wildman–Crippen LogP) is 3.58. The highest BCUT2D eigenvalue weighted by Gasteiger charge is 2.45. The number of sulfone groups is 1. The number of rotatable bonds is 9. The molecule has 0 amide bonds. The molecule has 0 aliphatic heterocycles. The van der Waals surface area contributed by atoms with Crippen LogP contribution >= 0.6 is 22.9 Å². The molecular formula is C23H20ClN5O4S2. The molecule has 0 bridgehead atoms. The molecule has 0 fully saturated rings. The topological polar surface area (TPSA) is 148 Å². The molecule has 1 atom stereocenters. The number of carboxylic acids is 1. The van der Waals surface area contributed by atoms with Gasteiger partial charge in [0.1, 0.15) is 21.7 Å². The first-order chi connectivity index (χ1) is 16.7. The van der Waals surface area contributed by atoms with Crippen molar-refractivity contribution in [3.05, 3.63) is 88.7 Å². The van der Waals surface area contributed by atoms with Crippen molar-refractivity contribution in [2.45, 2.75) is 16.3 Å². The van der Waals surface area contributed by atoms with Crippen molar-refractivity contribution in [1.82, 2.24) is 15.0 Å². The van der Waals surface area contributed by atoms with Gasteiger partial charge in [0.15, 0.2) is 9.90 Å². The summed E-state index contributed by atoms with van der Waals surface area (Å²) in [5, 5.41) is 12.1. The summed E-state index contributed by atoms with van der Waals surface area (Å²) >= 11 is 7.31. The first kappa shape index (κ1) is 24.7. The lowest BCUT2D eigenvalue weighted by molar-refractivity contribution is -0.134. The maximum absolute atomic E-state index is 13.8. The van der Waals surface area contributed by atoms with Crippen LogP contribution in [0.1, 0.15) is 11.3 Å². The van der Waals surface area contributed by atoms with Crippen molar-refractivity contribution in [1.29, 1.82) is 0 Å². The fourth-order valence-corrected chi connectivity index (χ4v) is 5.90. The second-order valence-corrected chi connectivity index (χ2v) is 11.4. The zero-order chi connectivity index (χ0) is 25.1. The van der Waals surface area contributed by atoms with Crippen molar-refractivity contribution in [3.8, 4) is 10.6 Å². The lowest BCUT2D eigenvalue weighted by Gasteiger charge is -2.29. The molecule has 1 unspecified atom stereocenters. The van der Waals surface area contributed by atoms with E-state index in [1.165, 1.54) is 35.7 Å². The summed E-state index contributed by atoms with van der Waals surface area (Å²) in [4.78, 5) is 21.6. The number of nitrogens with one attached hydrogen (secondary N) is 1. The standard InChI is InChI=1S/C23H20ClN5O4S2/c24-18-13-28-22(34-18)16-9-7-15(8-10-16)12-23(25,35(32,33)20-6-1-2-11-26-20)17-4-3-5-19(29-17)27-14-21(30)31/h1-11,13H,12,14,25H2,(H,27,29)(H,30,31). The lowest BCUT2D eigenvalue weighted by atomic mass is 10.0. The highest BCUT2D eigenvalue weighted by molar-refractivity contribution is 7.92. The fraction of sp³-hybridized carbons (Fsp3) is 0.130.